The Bertz CT molecular complexity index is 16.5. The maximum absolute atomic E-state index is 0. The molecule has 0 N–H and O–H groups in total. The van der Waals surface area contributed by atoms with Gasteiger partial charge in [0.15, 0.2) is 0 Å². The van der Waals surface area contributed by atoms with Crippen LogP contribution in [0.15, 0.2) is 0 Å². The van der Waals surface area contributed by atoms with Crippen molar-refractivity contribution in [1.82, 2.24) is 0 Å². The topological polar surface area (TPSA) is 0 Å². The summed E-state index contributed by atoms with van der Waals surface area (Å²) in [5.74, 6) is 0. The second kappa shape index (κ2) is 179. The Balaban J connectivity index is 0. The van der Waals surface area contributed by atoms with Gasteiger partial charge in [-0.15, -0.1) is 187 Å². The third kappa shape index (κ3) is 160. The average Bonchev–Trinajstić information content (AvgIpc) is 0. The normalized spacial score (nSPS) is 0. The molecule has 0 aromatic rings. The Morgan fingerprint density at radius 3 is 0.167 bits per heavy atom. The molecule has 0 bridgehead atoms. The first-order valence-corrected chi connectivity index (χ1v) is 0. The van der Waals surface area contributed by atoms with Crippen molar-refractivity contribution in [1.29, 1.82) is 0 Å². The molecular weight excluding hydrogens is 2040 g/mol. The number of hydrogen-bond acceptors (Lipinski definition) is 0. The molecule has 0 amide bonds. The Kier molecular flexibility index (Phi) is 2000. The molecule has 126 valence electrons. The van der Waals surface area contributed by atoms with Crippen LogP contribution in [0.4, 0.5) is 0 Å². The molecule has 18 heavy (non-hydrogen) atoms. The minimum absolute atomic E-state index is 0. The van der Waals surface area contributed by atoms with E-state index < -0.39 is 0 Å². The summed E-state index contributed by atoms with van der Waals surface area (Å²) in [5.41, 5.74) is 0. The van der Waals surface area contributed by atoms with Crippen LogP contribution in [0, 0.1) is 0 Å². The number of rotatable bonds is 0. The maximum Gasteiger partial charge on any atom is 0 e. The first-order valence-electron chi connectivity index (χ1n) is 0. The van der Waals surface area contributed by atoms with Crippen LogP contribution in [0.1, 0.15) is 0 Å². The molecule has 0 unspecified atom stereocenters. The fourth-order valence-electron chi connectivity index (χ4n) is 0. The van der Waals surface area contributed by atoms with E-state index in [4.69, 9.17) is 0 Å². The van der Waals surface area contributed by atoms with Gasteiger partial charge in [-0.25, -0.2) is 0 Å². The molecular formula is H11Br12Ta6-. The van der Waals surface area contributed by atoms with E-state index in [0.717, 1.165) is 0 Å². The fourth-order valence-corrected chi connectivity index (χ4v) is 0. The van der Waals surface area contributed by atoms with Gasteiger partial charge in [-0.1, -0.05) is 0 Å². The molecule has 0 aromatic carbocycles. The zero-order chi connectivity index (χ0) is 0. The van der Waals surface area contributed by atoms with Crippen LogP contribution in [0.3, 0.4) is 0 Å². The van der Waals surface area contributed by atoms with Crippen molar-refractivity contribution in [2.75, 3.05) is 0 Å². The van der Waals surface area contributed by atoms with Gasteiger partial charge in [0.05, 0.1) is 0 Å². The van der Waals surface area contributed by atoms with Crippen LogP contribution in [-0.4, -0.2) is 0 Å². The molecule has 0 heterocycles. The Hall–Kier alpha value is 10.2. The van der Waals surface area contributed by atoms with Crippen LogP contribution >= 0.6 is 187 Å². The van der Waals surface area contributed by atoms with E-state index >= 15 is 0 Å². The predicted octanol–water partition coefficient (Wildman–Crippen LogP) is 3.35. The molecule has 0 atom stereocenters. The van der Waals surface area contributed by atoms with E-state index in [1.807, 2.05) is 0 Å². The van der Waals surface area contributed by atoms with Gasteiger partial charge in [0, 0.05) is 134 Å². The van der Waals surface area contributed by atoms with E-state index in [1.165, 1.54) is 0 Å². The smallest absolute Gasteiger partial charge is 0 e. The Labute approximate surface area is 329 Å². The second-order valence-corrected chi connectivity index (χ2v) is 0. The van der Waals surface area contributed by atoms with E-state index in [1.54, 1.807) is 0 Å². The quantitative estimate of drug-likeness (QED) is 0.350. The third-order valence-electron chi connectivity index (χ3n) is 0. The summed E-state index contributed by atoms with van der Waals surface area (Å²) in [5, 5.41) is 0. The van der Waals surface area contributed by atoms with E-state index in [-0.39, 0.29) is 338 Å². The molecule has 0 aliphatic carbocycles. The summed E-state index contributed by atoms with van der Waals surface area (Å²) >= 11 is 0. The number of halogens is 12. The molecule has 0 nitrogen and oxygen atoms in total. The van der Waals surface area contributed by atoms with Gasteiger partial charge in [-0.05, 0) is 0 Å². The van der Waals surface area contributed by atoms with Crippen LogP contribution in [0.5, 0.6) is 0 Å². The largest absolute Gasteiger partial charge is 1.00 e. The van der Waals surface area contributed by atoms with E-state index in [0.29, 0.717) is 0 Å². The van der Waals surface area contributed by atoms with Crippen LogP contribution in [0.2, 0.25) is 0 Å². The first kappa shape index (κ1) is 201. The van der Waals surface area contributed by atoms with Crippen molar-refractivity contribution < 1.29 is 151 Å². The van der Waals surface area contributed by atoms with Crippen molar-refractivity contribution >= 4 is 187 Å². The molecule has 0 saturated carbocycles. The standard InChI is InChI=1S/12BrH.6Ta/h12*1H;;;;;;/p-1. The Morgan fingerprint density at radius 2 is 0.167 bits per heavy atom. The molecule has 0 saturated heterocycles. The minimum Gasteiger partial charge on any atom is -1.00 e. The zero-order valence-electron chi connectivity index (χ0n) is 7.55. The first-order chi connectivity index (χ1) is 0. The molecule has 0 aliphatic heterocycles. The fraction of sp³-hybridized carbons (Fsp3) is 0. The van der Waals surface area contributed by atoms with Gasteiger partial charge in [-0.2, -0.15) is 0 Å². The maximum atomic E-state index is 0. The average molecular weight is 2060 g/mol. The van der Waals surface area contributed by atoms with Crippen molar-refractivity contribution in [2.24, 2.45) is 0 Å². The molecule has 6 radical (unpaired) electrons. The summed E-state index contributed by atoms with van der Waals surface area (Å²) in [4.78, 5) is 0. The van der Waals surface area contributed by atoms with Gasteiger partial charge < -0.3 is 17.0 Å². The Morgan fingerprint density at radius 1 is 0.167 bits per heavy atom. The minimum atomic E-state index is 0. The SMILES string of the molecule is Br.Br.Br.Br.Br.Br.Br.Br.Br.Br.Br.[Br-].[Ta].[Ta].[Ta].[Ta].[Ta].[Ta]. The summed E-state index contributed by atoms with van der Waals surface area (Å²) in [6.07, 6.45) is 0. The summed E-state index contributed by atoms with van der Waals surface area (Å²) in [7, 11) is 0. The van der Waals surface area contributed by atoms with Gasteiger partial charge >= 0.3 is 0 Å². The summed E-state index contributed by atoms with van der Waals surface area (Å²) in [6.45, 7) is 0. The molecule has 0 spiro atoms. The van der Waals surface area contributed by atoms with E-state index in [9.17, 15) is 0 Å². The van der Waals surface area contributed by atoms with Crippen LogP contribution in [-0.2, 0) is 134 Å². The van der Waals surface area contributed by atoms with Crippen LogP contribution < -0.4 is 17.0 Å². The van der Waals surface area contributed by atoms with Gasteiger partial charge in [0.1, 0.15) is 0 Å². The van der Waals surface area contributed by atoms with Gasteiger partial charge in [-0.3, -0.25) is 0 Å². The van der Waals surface area contributed by atoms with Crippen molar-refractivity contribution in [3.8, 4) is 0 Å². The zero-order valence-corrected chi connectivity index (χ0v) is 47.3. The number of hydrogen-bond donors (Lipinski definition) is 0. The molecule has 0 aliphatic rings. The molecule has 18 heteroatoms. The third-order valence-corrected chi connectivity index (χ3v) is 0. The van der Waals surface area contributed by atoms with Gasteiger partial charge in [0.25, 0.3) is 0 Å². The van der Waals surface area contributed by atoms with Crippen molar-refractivity contribution in [2.45, 2.75) is 0 Å². The van der Waals surface area contributed by atoms with Crippen molar-refractivity contribution in [3.63, 3.8) is 0 Å². The molecule has 0 rings (SSSR count). The van der Waals surface area contributed by atoms with E-state index in [2.05, 4.69) is 0 Å². The molecule has 0 fully saturated rings. The predicted molar refractivity (Wildman–Crippen MR) is 114 cm³/mol. The summed E-state index contributed by atoms with van der Waals surface area (Å²) < 4.78 is 0. The monoisotopic (exact) mass is 2040 g/mol. The van der Waals surface area contributed by atoms with Crippen molar-refractivity contribution in [3.05, 3.63) is 0 Å². The second-order valence-electron chi connectivity index (χ2n) is 0. The van der Waals surface area contributed by atoms with Crippen LogP contribution in [0.25, 0.3) is 0 Å². The molecule has 0 aromatic heterocycles. The summed E-state index contributed by atoms with van der Waals surface area (Å²) in [6, 6.07) is 0. The van der Waals surface area contributed by atoms with Gasteiger partial charge in [0.2, 0.25) is 0 Å².